The minimum Gasteiger partial charge on any atom is -0.466 e. The minimum atomic E-state index is -0.669. The molecule has 0 aromatic rings. The van der Waals surface area contributed by atoms with E-state index in [1.54, 1.807) is 0 Å². The smallest absolute Gasteiger partial charge is 0.305 e. The lowest BCUT2D eigenvalue weighted by molar-refractivity contribution is -0.143. The molecule has 0 rings (SSSR count). The monoisotopic (exact) mass is 818 g/mol. The molecule has 0 saturated carbocycles. The van der Waals surface area contributed by atoms with Crippen molar-refractivity contribution in [3.8, 4) is 0 Å². The molecule has 0 aliphatic rings. The Morgan fingerprint density at radius 1 is 0.466 bits per heavy atom. The van der Waals surface area contributed by atoms with E-state index in [9.17, 15) is 19.8 Å². The van der Waals surface area contributed by atoms with Crippen molar-refractivity contribution in [3.63, 3.8) is 0 Å². The van der Waals surface area contributed by atoms with E-state index in [0.717, 1.165) is 57.8 Å². The van der Waals surface area contributed by atoms with Gasteiger partial charge in [0, 0.05) is 12.8 Å². The summed E-state index contributed by atoms with van der Waals surface area (Å²) in [5.74, 6) is -0.0604. The average molecular weight is 818 g/mol. The Balaban J connectivity index is 3.44. The molecule has 0 aliphatic heterocycles. The Bertz CT molecular complexity index is 904. The molecule has 2 atom stereocenters. The topological polar surface area (TPSA) is 95.9 Å². The molecule has 0 aromatic heterocycles. The number of ether oxygens (including phenoxy) is 1. The molecule has 0 spiro atoms. The molecule has 0 heterocycles. The Labute approximate surface area is 361 Å². The summed E-state index contributed by atoms with van der Waals surface area (Å²) < 4.78 is 5.46. The van der Waals surface area contributed by atoms with Crippen molar-refractivity contribution < 1.29 is 24.5 Å². The number of nitrogens with one attached hydrogen (secondary N) is 1. The Morgan fingerprint density at radius 3 is 1.22 bits per heavy atom. The van der Waals surface area contributed by atoms with Crippen molar-refractivity contribution in [1.29, 1.82) is 0 Å². The number of esters is 1. The van der Waals surface area contributed by atoms with Gasteiger partial charge in [-0.05, 0) is 77.0 Å². The maximum absolute atomic E-state index is 12.4. The quantitative estimate of drug-likeness (QED) is 0.0323. The summed E-state index contributed by atoms with van der Waals surface area (Å²) in [6, 6.07) is -0.548. The van der Waals surface area contributed by atoms with Gasteiger partial charge in [0.05, 0.1) is 25.4 Å². The molecule has 58 heavy (non-hydrogen) atoms. The van der Waals surface area contributed by atoms with Crippen LogP contribution in [0.5, 0.6) is 0 Å². The van der Waals surface area contributed by atoms with Crippen LogP contribution in [0.25, 0.3) is 0 Å². The largest absolute Gasteiger partial charge is 0.466 e. The number of allylic oxidation sites excluding steroid dienone is 4. The van der Waals surface area contributed by atoms with Gasteiger partial charge in [-0.3, -0.25) is 9.59 Å². The number of carbonyl (C=O) groups excluding carboxylic acids is 2. The van der Waals surface area contributed by atoms with Gasteiger partial charge < -0.3 is 20.3 Å². The molecule has 0 bridgehead atoms. The van der Waals surface area contributed by atoms with Crippen molar-refractivity contribution in [2.75, 3.05) is 13.2 Å². The van der Waals surface area contributed by atoms with E-state index in [2.05, 4.69) is 43.5 Å². The number of unbranched alkanes of at least 4 members (excludes halogenated alkanes) is 32. The predicted molar refractivity (Wildman–Crippen MR) is 250 cm³/mol. The summed E-state index contributed by atoms with van der Waals surface area (Å²) in [6.45, 7) is 4.90. The maximum atomic E-state index is 12.4. The van der Waals surface area contributed by atoms with Gasteiger partial charge in [0.1, 0.15) is 0 Å². The van der Waals surface area contributed by atoms with E-state index in [1.165, 1.54) is 180 Å². The fraction of sp³-hybridized carbons (Fsp3) is 0.885. The van der Waals surface area contributed by atoms with Crippen LogP contribution in [0.15, 0.2) is 24.3 Å². The number of aliphatic hydroxyl groups is 2. The number of hydrogen-bond acceptors (Lipinski definition) is 5. The van der Waals surface area contributed by atoms with E-state index in [1.807, 2.05) is 0 Å². The van der Waals surface area contributed by atoms with E-state index in [-0.39, 0.29) is 18.5 Å². The zero-order valence-corrected chi connectivity index (χ0v) is 38.8. The third-order valence-corrected chi connectivity index (χ3v) is 11.7. The van der Waals surface area contributed by atoms with Crippen molar-refractivity contribution in [2.24, 2.45) is 0 Å². The molecule has 0 radical (unpaired) electrons. The van der Waals surface area contributed by atoms with Crippen molar-refractivity contribution >= 4 is 11.9 Å². The van der Waals surface area contributed by atoms with Crippen LogP contribution in [0.4, 0.5) is 0 Å². The molecule has 1 amide bonds. The van der Waals surface area contributed by atoms with Crippen LogP contribution in [0.3, 0.4) is 0 Å². The van der Waals surface area contributed by atoms with Crippen LogP contribution < -0.4 is 5.32 Å². The second kappa shape index (κ2) is 48.0. The third-order valence-electron chi connectivity index (χ3n) is 11.7. The number of carbonyl (C=O) groups is 2. The Hall–Kier alpha value is -1.66. The van der Waals surface area contributed by atoms with Crippen molar-refractivity contribution in [1.82, 2.24) is 5.32 Å². The summed E-state index contributed by atoms with van der Waals surface area (Å²) in [7, 11) is 0. The van der Waals surface area contributed by atoms with Gasteiger partial charge in [-0.15, -0.1) is 0 Å². The molecule has 6 nitrogen and oxygen atoms in total. The fourth-order valence-corrected chi connectivity index (χ4v) is 7.74. The van der Waals surface area contributed by atoms with Crippen LogP contribution in [-0.2, 0) is 14.3 Å². The first-order valence-corrected chi connectivity index (χ1v) is 25.6. The highest BCUT2D eigenvalue weighted by atomic mass is 16.5. The third kappa shape index (κ3) is 43.9. The molecule has 0 fully saturated rings. The SMILES string of the molecule is CCCCCCCC/C=C\CCCCCCCC(=O)OCCCCCCCC/C=C\CCCCCCCCCC(=O)NC(CO)C(O)CCCCCCCCCCC. The standard InChI is InChI=1S/C52H99NO5/c1-3-5-7-9-11-13-14-15-19-23-26-30-34-38-42-46-52(57)58-47-43-39-35-31-27-24-21-18-16-17-20-22-25-29-33-37-41-45-51(56)53-49(48-54)50(55)44-40-36-32-28-12-10-8-6-4-2/h15-16,18-19,49-50,54-55H,3-14,17,20-48H2,1-2H3,(H,53,56)/b18-16-,19-15-. The van der Waals surface area contributed by atoms with Crippen LogP contribution in [-0.4, -0.2) is 47.4 Å². The first-order chi connectivity index (χ1) is 28.5. The van der Waals surface area contributed by atoms with Gasteiger partial charge in [-0.2, -0.15) is 0 Å². The average Bonchev–Trinajstić information content (AvgIpc) is 3.22. The Kier molecular flexibility index (Phi) is 46.6. The normalized spacial score (nSPS) is 12.8. The molecule has 0 aliphatic carbocycles. The second-order valence-electron chi connectivity index (χ2n) is 17.5. The molecule has 3 N–H and O–H groups in total. The number of amides is 1. The highest BCUT2D eigenvalue weighted by molar-refractivity contribution is 5.76. The maximum Gasteiger partial charge on any atom is 0.305 e. The highest BCUT2D eigenvalue weighted by Gasteiger charge is 2.20. The lowest BCUT2D eigenvalue weighted by Gasteiger charge is -2.22. The molecule has 0 saturated heterocycles. The van der Waals surface area contributed by atoms with E-state index in [0.29, 0.717) is 25.9 Å². The number of rotatable bonds is 47. The van der Waals surface area contributed by atoms with E-state index >= 15 is 0 Å². The van der Waals surface area contributed by atoms with Crippen molar-refractivity contribution in [2.45, 2.75) is 283 Å². The Morgan fingerprint density at radius 2 is 0.810 bits per heavy atom. The first kappa shape index (κ1) is 56.3. The zero-order valence-electron chi connectivity index (χ0n) is 38.8. The number of aliphatic hydroxyl groups excluding tert-OH is 2. The van der Waals surface area contributed by atoms with Crippen LogP contribution in [0.2, 0.25) is 0 Å². The minimum absolute atomic E-state index is 0.0103. The van der Waals surface area contributed by atoms with E-state index < -0.39 is 12.1 Å². The molecule has 342 valence electrons. The first-order valence-electron chi connectivity index (χ1n) is 25.6. The van der Waals surface area contributed by atoms with Gasteiger partial charge in [0.2, 0.25) is 5.91 Å². The molecular weight excluding hydrogens is 719 g/mol. The second-order valence-corrected chi connectivity index (χ2v) is 17.5. The van der Waals surface area contributed by atoms with Gasteiger partial charge in [-0.25, -0.2) is 0 Å². The number of hydrogen-bond donors (Lipinski definition) is 3. The summed E-state index contributed by atoms with van der Waals surface area (Å²) >= 11 is 0. The lowest BCUT2D eigenvalue weighted by Crippen LogP contribution is -2.45. The fourth-order valence-electron chi connectivity index (χ4n) is 7.74. The van der Waals surface area contributed by atoms with Crippen molar-refractivity contribution in [3.05, 3.63) is 24.3 Å². The lowest BCUT2D eigenvalue weighted by atomic mass is 10.0. The van der Waals surface area contributed by atoms with Gasteiger partial charge in [-0.1, -0.05) is 205 Å². The highest BCUT2D eigenvalue weighted by Crippen LogP contribution is 2.15. The predicted octanol–water partition coefficient (Wildman–Crippen LogP) is 15.1. The summed E-state index contributed by atoms with van der Waals surface area (Å²) in [5.41, 5.74) is 0. The molecule has 6 heteroatoms. The van der Waals surface area contributed by atoms with Gasteiger partial charge in [0.25, 0.3) is 0 Å². The molecular formula is C52H99NO5. The molecule has 0 aromatic carbocycles. The van der Waals surface area contributed by atoms with Crippen LogP contribution in [0, 0.1) is 0 Å². The summed E-state index contributed by atoms with van der Waals surface area (Å²) in [4.78, 5) is 24.4. The summed E-state index contributed by atoms with van der Waals surface area (Å²) in [6.07, 6.45) is 55.8. The van der Waals surface area contributed by atoms with Crippen LogP contribution >= 0.6 is 0 Å². The summed E-state index contributed by atoms with van der Waals surface area (Å²) in [5, 5.41) is 23.0. The molecule has 2 unspecified atom stereocenters. The zero-order chi connectivity index (χ0) is 42.3. The van der Waals surface area contributed by atoms with Crippen LogP contribution in [0.1, 0.15) is 271 Å². The van der Waals surface area contributed by atoms with Gasteiger partial charge >= 0.3 is 5.97 Å². The van der Waals surface area contributed by atoms with Gasteiger partial charge in [0.15, 0.2) is 0 Å². The van der Waals surface area contributed by atoms with E-state index in [4.69, 9.17) is 4.74 Å².